The molecule has 2 aliphatic rings. The molecule has 0 aromatic heterocycles. The van der Waals surface area contributed by atoms with Gasteiger partial charge in [0.05, 0.1) is 11.2 Å². The Morgan fingerprint density at radius 3 is 2.15 bits per heavy atom. The Bertz CT molecular complexity index is 654. The quantitative estimate of drug-likeness (QED) is 0.276. The lowest BCUT2D eigenvalue weighted by Crippen LogP contribution is -2.47. The number of rotatable bonds is 4. The van der Waals surface area contributed by atoms with Crippen molar-refractivity contribution in [1.29, 1.82) is 0 Å². The van der Waals surface area contributed by atoms with Gasteiger partial charge in [-0.1, -0.05) is 12.1 Å². The third-order valence-corrected chi connectivity index (χ3v) is 5.66. The van der Waals surface area contributed by atoms with Crippen LogP contribution in [0.25, 0.3) is 0 Å². The Morgan fingerprint density at radius 1 is 1.15 bits per heavy atom. The van der Waals surface area contributed by atoms with Crippen molar-refractivity contribution in [2.24, 2.45) is 22.7 Å². The zero-order valence-electron chi connectivity index (χ0n) is 16.2. The predicted octanol–water partition coefficient (Wildman–Crippen LogP) is 1.22. The molecule has 8 heteroatoms. The third-order valence-electron chi connectivity index (χ3n) is 5.66. The molecule has 0 unspecified atom stereocenters. The summed E-state index contributed by atoms with van der Waals surface area (Å²) in [5.74, 6) is 12.9. The lowest BCUT2D eigenvalue weighted by Gasteiger charge is -2.37. The van der Waals surface area contributed by atoms with Gasteiger partial charge in [0.15, 0.2) is 0 Å². The molecule has 2 fully saturated rings. The van der Waals surface area contributed by atoms with Gasteiger partial charge in [-0.15, -0.1) is 0 Å². The summed E-state index contributed by atoms with van der Waals surface area (Å²) >= 11 is 0. The molecular formula is C18H29BN4O3. The molecule has 7 nitrogen and oxygen atoms in total. The van der Waals surface area contributed by atoms with Crippen LogP contribution in [0, 0.1) is 5.92 Å². The molecule has 4 N–H and O–H groups in total. The van der Waals surface area contributed by atoms with Crippen molar-refractivity contribution in [2.75, 3.05) is 7.05 Å². The van der Waals surface area contributed by atoms with Crippen LogP contribution >= 0.6 is 0 Å². The molecule has 26 heavy (non-hydrogen) atoms. The Hall–Kier alpha value is -1.77. The molecule has 1 heterocycles. The summed E-state index contributed by atoms with van der Waals surface area (Å²) < 4.78 is 18.2. The summed E-state index contributed by atoms with van der Waals surface area (Å²) in [5.41, 5.74) is 0.308. The van der Waals surface area contributed by atoms with Gasteiger partial charge in [0.25, 0.3) is 0 Å². The first-order valence-corrected chi connectivity index (χ1v) is 9.01. The smallest absolute Gasteiger partial charge is 0.490 e. The van der Waals surface area contributed by atoms with E-state index in [1.54, 1.807) is 7.05 Å². The number of hydrogen-bond donors (Lipinski definition) is 2. The molecule has 1 saturated carbocycles. The van der Waals surface area contributed by atoms with Crippen LogP contribution in [0.2, 0.25) is 0 Å². The average Bonchev–Trinajstić information content (AvgIpc) is 2.74. The molecule has 142 valence electrons. The lowest BCUT2D eigenvalue weighted by atomic mass is 9.79. The van der Waals surface area contributed by atoms with Gasteiger partial charge in [0, 0.05) is 13.0 Å². The van der Waals surface area contributed by atoms with E-state index in [1.165, 1.54) is 5.01 Å². The predicted molar refractivity (Wildman–Crippen MR) is 103 cm³/mol. The monoisotopic (exact) mass is 360 g/mol. The Kier molecular flexibility index (Phi) is 4.94. The Morgan fingerprint density at radius 2 is 1.69 bits per heavy atom. The molecule has 1 aromatic rings. The number of benzene rings is 1. The van der Waals surface area contributed by atoms with Gasteiger partial charge in [0.2, 0.25) is 0 Å². The van der Waals surface area contributed by atoms with Crippen LogP contribution in [0.3, 0.4) is 0 Å². The molecule has 1 aliphatic heterocycles. The van der Waals surface area contributed by atoms with E-state index in [9.17, 15) is 0 Å². The normalized spacial score (nSPS) is 27.2. The first kappa shape index (κ1) is 19.0. The van der Waals surface area contributed by atoms with E-state index >= 15 is 0 Å². The first-order chi connectivity index (χ1) is 12.1. The van der Waals surface area contributed by atoms with Crippen LogP contribution in [-0.2, 0) is 9.31 Å². The van der Waals surface area contributed by atoms with Gasteiger partial charge >= 0.3 is 7.12 Å². The van der Waals surface area contributed by atoms with Gasteiger partial charge in [-0.2, -0.15) is 5.10 Å². The lowest BCUT2D eigenvalue weighted by molar-refractivity contribution is 0.00578. The fourth-order valence-corrected chi connectivity index (χ4v) is 3.23. The maximum Gasteiger partial charge on any atom is 0.494 e. The fourth-order valence-electron chi connectivity index (χ4n) is 3.23. The van der Waals surface area contributed by atoms with Crippen LogP contribution < -0.4 is 21.9 Å². The molecule has 0 atom stereocenters. The summed E-state index contributed by atoms with van der Waals surface area (Å²) in [5, 5.41) is 5.24. The second-order valence-electron chi connectivity index (χ2n) is 8.16. The molecule has 3 rings (SSSR count). The summed E-state index contributed by atoms with van der Waals surface area (Å²) in [4.78, 5) is 0. The van der Waals surface area contributed by atoms with Crippen LogP contribution in [-0.4, -0.2) is 42.3 Å². The van der Waals surface area contributed by atoms with E-state index < -0.39 is 0 Å². The molecular weight excluding hydrogens is 331 g/mol. The fraction of sp³-hybridized carbons (Fsp3) is 0.611. The van der Waals surface area contributed by atoms with E-state index in [0.717, 1.165) is 24.1 Å². The van der Waals surface area contributed by atoms with Crippen LogP contribution in [0.5, 0.6) is 5.75 Å². The second-order valence-corrected chi connectivity index (χ2v) is 8.16. The Balaban J connectivity index is 1.55. The van der Waals surface area contributed by atoms with Gasteiger partial charge in [-0.05, 0) is 58.1 Å². The number of nitrogens with zero attached hydrogens (tertiary/aromatic N) is 2. The summed E-state index contributed by atoms with van der Waals surface area (Å²) in [6.45, 7) is 8.20. The molecule has 1 aromatic carbocycles. The molecule has 1 saturated heterocycles. The van der Waals surface area contributed by atoms with Gasteiger partial charge in [-0.25, -0.2) is 5.84 Å². The van der Waals surface area contributed by atoms with Gasteiger partial charge < -0.3 is 19.9 Å². The minimum atomic E-state index is -0.356. The van der Waals surface area contributed by atoms with Crippen LogP contribution in [0.1, 0.15) is 40.5 Å². The highest BCUT2D eigenvalue weighted by Gasteiger charge is 2.51. The number of hydrazone groups is 1. The maximum absolute atomic E-state index is 6.07. The minimum absolute atomic E-state index is 0.152. The highest BCUT2D eigenvalue weighted by Crippen LogP contribution is 2.37. The average molecular weight is 360 g/mol. The standard InChI is InChI=1S/C18H29BN4O3/c1-17(2)18(3,4)26-19(25-17)13-6-8-14(9-7-13)24-15-10-12(11-15)16(22-20)23(5)21/h6-9,12,15H,10-11,20-21H2,1-5H3/b22-16-. The topological polar surface area (TPSA) is 95.3 Å². The molecule has 0 bridgehead atoms. The van der Waals surface area contributed by atoms with Crippen LogP contribution in [0.15, 0.2) is 29.4 Å². The zero-order chi connectivity index (χ0) is 19.1. The number of hydrazine groups is 1. The van der Waals surface area contributed by atoms with E-state index in [1.807, 2.05) is 24.3 Å². The largest absolute Gasteiger partial charge is 0.494 e. The minimum Gasteiger partial charge on any atom is -0.490 e. The maximum atomic E-state index is 6.07. The number of hydrogen-bond acceptors (Lipinski definition) is 6. The Labute approximate surface area is 155 Å². The number of amidine groups is 1. The molecule has 1 aliphatic carbocycles. The number of nitrogens with two attached hydrogens (primary N) is 2. The van der Waals surface area contributed by atoms with Crippen molar-refractivity contribution < 1.29 is 14.0 Å². The van der Waals surface area contributed by atoms with E-state index in [2.05, 4.69) is 32.8 Å². The zero-order valence-corrected chi connectivity index (χ0v) is 16.2. The van der Waals surface area contributed by atoms with E-state index in [4.69, 9.17) is 25.7 Å². The molecule has 0 spiro atoms. The highest BCUT2D eigenvalue weighted by molar-refractivity contribution is 6.62. The molecule has 0 amide bonds. The van der Waals surface area contributed by atoms with E-state index in [-0.39, 0.29) is 30.3 Å². The van der Waals surface area contributed by atoms with Gasteiger partial charge in [-0.3, -0.25) is 5.01 Å². The van der Waals surface area contributed by atoms with Gasteiger partial charge in [0.1, 0.15) is 17.7 Å². The van der Waals surface area contributed by atoms with Crippen molar-refractivity contribution in [3.05, 3.63) is 24.3 Å². The third kappa shape index (κ3) is 3.54. The summed E-state index contributed by atoms with van der Waals surface area (Å²) in [7, 11) is 1.39. The highest BCUT2D eigenvalue weighted by atomic mass is 16.7. The summed E-state index contributed by atoms with van der Waals surface area (Å²) in [6.07, 6.45) is 1.87. The summed E-state index contributed by atoms with van der Waals surface area (Å²) in [6, 6.07) is 7.91. The second kappa shape index (κ2) is 6.76. The molecule has 0 radical (unpaired) electrons. The van der Waals surface area contributed by atoms with Crippen LogP contribution in [0.4, 0.5) is 0 Å². The van der Waals surface area contributed by atoms with Crippen molar-refractivity contribution in [3.63, 3.8) is 0 Å². The van der Waals surface area contributed by atoms with E-state index in [0.29, 0.717) is 5.84 Å². The number of ether oxygens (including phenoxy) is 1. The van der Waals surface area contributed by atoms with Crippen molar-refractivity contribution in [2.45, 2.75) is 57.8 Å². The first-order valence-electron chi connectivity index (χ1n) is 9.01. The van der Waals surface area contributed by atoms with Crippen molar-refractivity contribution in [1.82, 2.24) is 5.01 Å². The van der Waals surface area contributed by atoms with Crippen molar-refractivity contribution >= 4 is 18.4 Å². The SMILES string of the molecule is CN(N)/C(=N\N)C1CC(Oc2ccc(B3OC(C)(C)C(C)(C)O3)cc2)C1. The van der Waals surface area contributed by atoms with Crippen molar-refractivity contribution in [3.8, 4) is 5.75 Å².